The van der Waals surface area contributed by atoms with Crippen LogP contribution >= 0.6 is 0 Å². The van der Waals surface area contributed by atoms with E-state index in [9.17, 15) is 14.7 Å². The molecule has 2 unspecified atom stereocenters. The normalized spacial score (nSPS) is 20.9. The van der Waals surface area contributed by atoms with Crippen molar-refractivity contribution >= 4 is 17.1 Å². The second-order valence-corrected chi connectivity index (χ2v) is 14.9. The summed E-state index contributed by atoms with van der Waals surface area (Å²) < 4.78 is 6.81. The van der Waals surface area contributed by atoms with Crippen molar-refractivity contribution < 1.29 is 19.4 Å². The molecule has 256 valence electrons. The van der Waals surface area contributed by atoms with Crippen LogP contribution in [-0.4, -0.2) is 22.3 Å². The molecule has 0 saturated heterocycles. The third-order valence-corrected chi connectivity index (χ3v) is 9.69. The van der Waals surface area contributed by atoms with E-state index in [1.807, 2.05) is 13.0 Å². The molecule has 1 aliphatic heterocycles. The van der Waals surface area contributed by atoms with E-state index in [4.69, 9.17) is 4.74 Å². The number of rotatable bonds is 13. The molecule has 0 bridgehead atoms. The highest BCUT2D eigenvalue weighted by molar-refractivity contribution is 6.30. The molecule has 0 fully saturated rings. The van der Waals surface area contributed by atoms with Crippen LogP contribution in [-0.2, 0) is 9.59 Å². The maximum Gasteiger partial charge on any atom is 0.187 e. The summed E-state index contributed by atoms with van der Waals surface area (Å²) in [6.07, 6.45) is 22.1. The van der Waals surface area contributed by atoms with Gasteiger partial charge in [-0.25, -0.2) is 0 Å². The van der Waals surface area contributed by atoms with Crippen molar-refractivity contribution in [3.05, 3.63) is 110 Å². The van der Waals surface area contributed by atoms with Gasteiger partial charge in [0.15, 0.2) is 11.6 Å². The maximum absolute atomic E-state index is 14.0. The Hall–Kier alpha value is -3.92. The van der Waals surface area contributed by atoms with Crippen LogP contribution in [0.15, 0.2) is 93.2 Å². The second kappa shape index (κ2) is 15.5. The second-order valence-electron chi connectivity index (χ2n) is 14.9. The average Bonchev–Trinajstić information content (AvgIpc) is 2.98. The van der Waals surface area contributed by atoms with Crippen molar-refractivity contribution in [2.24, 2.45) is 0 Å². The first-order valence-electron chi connectivity index (χ1n) is 17.7. The molecular weight excluding hydrogens is 592 g/mol. The van der Waals surface area contributed by atoms with Crippen LogP contribution in [0.5, 0.6) is 11.5 Å². The van der Waals surface area contributed by atoms with Gasteiger partial charge in [-0.1, -0.05) is 58.2 Å². The smallest absolute Gasteiger partial charge is 0.187 e. The number of carbonyl (C=O) groups excluding carboxylic acids is 2. The number of phenolic OH excluding ortho intramolecular Hbond substituents is 1. The van der Waals surface area contributed by atoms with Crippen molar-refractivity contribution in [1.82, 2.24) is 0 Å². The van der Waals surface area contributed by atoms with Gasteiger partial charge in [0.05, 0.1) is 0 Å². The molecule has 0 saturated carbocycles. The SMILES string of the molecule is CC(C)=CCCC(C)=CCCC(C)=CC1C2=C(C(=O)C=C(C)C2=O)C2=CC(C)(CCC=C(C)CCC=C(C)C)Oc3c(C)cc(O)c1c32. The molecule has 2 aliphatic carbocycles. The van der Waals surface area contributed by atoms with Gasteiger partial charge in [0.1, 0.15) is 17.1 Å². The van der Waals surface area contributed by atoms with Crippen molar-refractivity contribution in [1.29, 1.82) is 0 Å². The molecule has 1 N–H and O–H groups in total. The third-order valence-electron chi connectivity index (χ3n) is 9.69. The van der Waals surface area contributed by atoms with E-state index in [1.165, 1.54) is 28.4 Å². The molecule has 4 heteroatoms. The number of ether oxygens (including phenoxy) is 1. The average molecular weight is 649 g/mol. The zero-order chi connectivity index (χ0) is 35.3. The summed E-state index contributed by atoms with van der Waals surface area (Å²) in [6, 6.07) is 1.75. The van der Waals surface area contributed by atoms with Gasteiger partial charge >= 0.3 is 0 Å². The molecule has 2 atom stereocenters. The van der Waals surface area contributed by atoms with E-state index in [-0.39, 0.29) is 17.3 Å². The van der Waals surface area contributed by atoms with E-state index in [0.717, 1.165) is 68.1 Å². The predicted octanol–water partition coefficient (Wildman–Crippen LogP) is 11.6. The van der Waals surface area contributed by atoms with E-state index in [2.05, 4.69) is 85.8 Å². The molecule has 3 aliphatic rings. The number of benzene rings is 1. The summed E-state index contributed by atoms with van der Waals surface area (Å²) in [5.74, 6) is -0.0202. The fraction of sp³-hybridized carbons (Fsp3) is 0.455. The Morgan fingerprint density at radius 1 is 0.833 bits per heavy atom. The number of allylic oxidation sites excluding steroid dienone is 15. The highest BCUT2D eigenvalue weighted by atomic mass is 16.5. The molecule has 1 aromatic carbocycles. The van der Waals surface area contributed by atoms with Crippen LogP contribution in [0.2, 0.25) is 0 Å². The maximum atomic E-state index is 14.0. The third kappa shape index (κ3) is 8.56. The molecule has 0 radical (unpaired) electrons. The van der Waals surface area contributed by atoms with Crippen LogP contribution in [0.4, 0.5) is 0 Å². The van der Waals surface area contributed by atoms with Crippen LogP contribution < -0.4 is 4.74 Å². The quantitative estimate of drug-likeness (QED) is 0.171. The highest BCUT2D eigenvalue weighted by Crippen LogP contribution is 2.56. The molecule has 4 nitrogen and oxygen atoms in total. The minimum Gasteiger partial charge on any atom is -0.508 e. The zero-order valence-corrected chi connectivity index (χ0v) is 31.0. The number of phenols is 1. The lowest BCUT2D eigenvalue weighted by atomic mass is 9.67. The molecule has 1 aromatic rings. The van der Waals surface area contributed by atoms with Crippen LogP contribution in [0, 0.1) is 6.92 Å². The zero-order valence-electron chi connectivity index (χ0n) is 31.0. The standard InChI is InChI=1S/C44H56O4/c1-27(2)15-11-17-29(5)19-13-20-31(7)23-34-38-37(46)25-33(9)43-41(38)35(39-36(45)24-32(8)42(47)40(34)39)26-44(10,48-43)22-14-21-30(6)18-12-16-28(3)4/h15-16,19,21,23-26,34,46H,11-14,17-18,20,22H2,1-10H3. The van der Waals surface area contributed by atoms with Crippen LogP contribution in [0.25, 0.3) is 5.57 Å². The molecule has 0 spiro atoms. The fourth-order valence-corrected chi connectivity index (χ4v) is 7.05. The van der Waals surface area contributed by atoms with Gasteiger partial charge in [0, 0.05) is 33.8 Å². The number of Topliss-reactive ketones (excluding diaryl/α,β-unsaturated/α-hetero) is 1. The van der Waals surface area contributed by atoms with E-state index < -0.39 is 11.5 Å². The summed E-state index contributed by atoms with van der Waals surface area (Å²) >= 11 is 0. The number of aryl methyl sites for hydroxylation is 1. The fourth-order valence-electron chi connectivity index (χ4n) is 7.05. The summed E-state index contributed by atoms with van der Waals surface area (Å²) in [5.41, 5.74) is 10.1. The Kier molecular flexibility index (Phi) is 11.9. The van der Waals surface area contributed by atoms with Crippen LogP contribution in [0.1, 0.15) is 136 Å². The van der Waals surface area contributed by atoms with Crippen molar-refractivity contribution in [3.63, 3.8) is 0 Å². The molecule has 48 heavy (non-hydrogen) atoms. The number of fused-ring (bicyclic) bond motifs is 1. The number of ketones is 2. The Labute approximate surface area is 289 Å². The monoisotopic (exact) mass is 648 g/mol. The van der Waals surface area contributed by atoms with Gasteiger partial charge in [-0.3, -0.25) is 9.59 Å². The lowest BCUT2D eigenvalue weighted by Gasteiger charge is -2.41. The van der Waals surface area contributed by atoms with Gasteiger partial charge < -0.3 is 9.84 Å². The van der Waals surface area contributed by atoms with E-state index >= 15 is 0 Å². The Morgan fingerprint density at radius 2 is 1.40 bits per heavy atom. The topological polar surface area (TPSA) is 63.6 Å². The molecule has 0 aromatic heterocycles. The summed E-state index contributed by atoms with van der Waals surface area (Å²) in [6.45, 7) is 20.7. The number of carbonyl (C=O) groups is 2. The van der Waals surface area contributed by atoms with Gasteiger partial charge in [0.2, 0.25) is 0 Å². The first-order valence-corrected chi connectivity index (χ1v) is 17.7. The van der Waals surface area contributed by atoms with Gasteiger partial charge in [-0.15, -0.1) is 0 Å². The van der Waals surface area contributed by atoms with E-state index in [1.54, 1.807) is 13.0 Å². The lowest BCUT2D eigenvalue weighted by molar-refractivity contribution is -0.115. The van der Waals surface area contributed by atoms with Crippen molar-refractivity contribution in [2.45, 2.75) is 132 Å². The Balaban J connectivity index is 1.73. The van der Waals surface area contributed by atoms with E-state index in [0.29, 0.717) is 33.6 Å². The summed E-state index contributed by atoms with van der Waals surface area (Å²) in [4.78, 5) is 27.8. The molecule has 1 heterocycles. The van der Waals surface area contributed by atoms with Crippen LogP contribution in [0.3, 0.4) is 0 Å². The van der Waals surface area contributed by atoms with Crippen molar-refractivity contribution in [3.8, 4) is 11.5 Å². The molecule has 4 rings (SSSR count). The first-order chi connectivity index (χ1) is 22.6. The minimum absolute atomic E-state index is 0.127. The molecular formula is C44H56O4. The summed E-state index contributed by atoms with van der Waals surface area (Å²) in [5, 5.41) is 11.5. The molecule has 0 amide bonds. The van der Waals surface area contributed by atoms with Gasteiger partial charge in [-0.05, 0) is 150 Å². The predicted molar refractivity (Wildman–Crippen MR) is 200 cm³/mol. The summed E-state index contributed by atoms with van der Waals surface area (Å²) in [7, 11) is 0. The lowest BCUT2D eigenvalue weighted by Crippen LogP contribution is -2.37. The number of aromatic hydroxyl groups is 1. The van der Waals surface area contributed by atoms with Gasteiger partial charge in [-0.2, -0.15) is 0 Å². The number of hydrogen-bond donors (Lipinski definition) is 1. The van der Waals surface area contributed by atoms with Gasteiger partial charge in [0.25, 0.3) is 0 Å². The number of hydrogen-bond acceptors (Lipinski definition) is 4. The Bertz CT molecular complexity index is 1720. The van der Waals surface area contributed by atoms with Crippen molar-refractivity contribution in [2.75, 3.05) is 0 Å². The first kappa shape index (κ1) is 36.9. The Morgan fingerprint density at radius 3 is 2.00 bits per heavy atom. The largest absolute Gasteiger partial charge is 0.508 e. The minimum atomic E-state index is -0.690. The highest BCUT2D eigenvalue weighted by Gasteiger charge is 2.45.